The van der Waals surface area contributed by atoms with Crippen LogP contribution in [-0.2, 0) is 6.61 Å². The summed E-state index contributed by atoms with van der Waals surface area (Å²) >= 11 is 8.89. The first-order chi connectivity index (χ1) is 9.01. The van der Waals surface area contributed by atoms with E-state index in [0.717, 1.165) is 6.07 Å². The molecule has 3 nitrogen and oxygen atoms in total. The Morgan fingerprint density at radius 3 is 2.68 bits per heavy atom. The van der Waals surface area contributed by atoms with E-state index >= 15 is 0 Å². The van der Waals surface area contributed by atoms with Crippen LogP contribution < -0.4 is 4.74 Å². The predicted octanol–water partition coefficient (Wildman–Crippen LogP) is 4.06. The quantitative estimate of drug-likeness (QED) is 0.849. The Kier molecular flexibility index (Phi) is 4.34. The minimum atomic E-state index is -1.13. The number of nitrogens with zero attached hydrogens (tertiary/aromatic N) is 1. The second-order valence-corrected chi connectivity index (χ2v) is 4.91. The molecule has 19 heavy (non-hydrogen) atoms. The zero-order valence-corrected chi connectivity index (χ0v) is 11.7. The molecule has 0 bridgehead atoms. The molecule has 7 heteroatoms. The van der Waals surface area contributed by atoms with Gasteiger partial charge in [-0.05, 0) is 23.8 Å². The third-order valence-electron chi connectivity index (χ3n) is 2.21. The molecule has 0 amide bonds. The number of rotatable bonds is 3. The number of benzene rings is 1. The Hall–Kier alpha value is -1.24. The van der Waals surface area contributed by atoms with Gasteiger partial charge in [-0.25, -0.2) is 9.37 Å². The third-order valence-corrected chi connectivity index (χ3v) is 2.94. The van der Waals surface area contributed by atoms with Gasteiger partial charge in [-0.2, -0.15) is 4.39 Å². The number of aliphatic hydroxyl groups excluding tert-OH is 1. The molecule has 0 radical (unpaired) electrons. The molecule has 0 aliphatic carbocycles. The van der Waals surface area contributed by atoms with Crippen molar-refractivity contribution in [3.05, 3.63) is 51.1 Å². The minimum absolute atomic E-state index is 0.0738. The minimum Gasteiger partial charge on any atom is -0.434 e. The summed E-state index contributed by atoms with van der Waals surface area (Å²) in [6.45, 7) is -0.229. The summed E-state index contributed by atoms with van der Waals surface area (Å²) in [5.41, 5.74) is 0.484. The summed E-state index contributed by atoms with van der Waals surface area (Å²) < 4.78 is 32.2. The van der Waals surface area contributed by atoms with Crippen LogP contribution in [0.2, 0.25) is 5.02 Å². The van der Waals surface area contributed by atoms with Crippen LogP contribution in [0.15, 0.2) is 28.9 Å². The molecule has 0 saturated heterocycles. The van der Waals surface area contributed by atoms with Gasteiger partial charge in [0.1, 0.15) is 5.02 Å². The van der Waals surface area contributed by atoms with Gasteiger partial charge in [0.25, 0.3) is 0 Å². The summed E-state index contributed by atoms with van der Waals surface area (Å²) in [6.07, 6.45) is 1.33. The summed E-state index contributed by atoms with van der Waals surface area (Å²) in [7, 11) is 0. The molecule has 0 spiro atoms. The van der Waals surface area contributed by atoms with E-state index in [1.54, 1.807) is 0 Å². The maximum absolute atomic E-state index is 13.5. The molecule has 0 aliphatic rings. The molecule has 2 aromatic rings. The number of ether oxygens (including phenoxy) is 1. The molecule has 100 valence electrons. The Balaban J connectivity index is 2.36. The van der Waals surface area contributed by atoms with Gasteiger partial charge in [-0.15, -0.1) is 0 Å². The highest BCUT2D eigenvalue weighted by atomic mass is 79.9. The average Bonchev–Trinajstić information content (AvgIpc) is 2.37. The smallest absolute Gasteiger partial charge is 0.238 e. The predicted molar refractivity (Wildman–Crippen MR) is 69.3 cm³/mol. The number of aromatic nitrogens is 1. The normalized spacial score (nSPS) is 10.6. The van der Waals surface area contributed by atoms with Crippen molar-refractivity contribution >= 4 is 27.5 Å². The number of hydrogen-bond donors (Lipinski definition) is 1. The lowest BCUT2D eigenvalue weighted by atomic mass is 10.3. The third kappa shape index (κ3) is 3.20. The van der Waals surface area contributed by atoms with Crippen molar-refractivity contribution in [3.8, 4) is 11.6 Å². The zero-order chi connectivity index (χ0) is 14.0. The Morgan fingerprint density at radius 2 is 2.05 bits per heavy atom. The first kappa shape index (κ1) is 14.2. The van der Waals surface area contributed by atoms with Gasteiger partial charge < -0.3 is 9.84 Å². The topological polar surface area (TPSA) is 42.4 Å². The molecule has 0 fully saturated rings. The summed E-state index contributed by atoms with van der Waals surface area (Å²) in [5.74, 6) is -2.59. The van der Waals surface area contributed by atoms with Crippen LogP contribution in [0.4, 0.5) is 8.78 Å². The zero-order valence-electron chi connectivity index (χ0n) is 9.33. The highest BCUT2D eigenvalue weighted by Crippen LogP contribution is 2.32. The number of hydrogen-bond acceptors (Lipinski definition) is 3. The lowest BCUT2D eigenvalue weighted by molar-refractivity contribution is 0.281. The highest BCUT2D eigenvalue weighted by molar-refractivity contribution is 9.10. The van der Waals surface area contributed by atoms with Crippen LogP contribution in [-0.4, -0.2) is 10.1 Å². The molecule has 1 N–H and O–H groups in total. The SMILES string of the molecule is OCc1cnc(Oc2cc(Br)cc(F)c2F)c(Cl)c1. The van der Waals surface area contributed by atoms with E-state index < -0.39 is 11.6 Å². The Bertz CT molecular complexity index is 625. The molecule has 2 rings (SSSR count). The van der Waals surface area contributed by atoms with Gasteiger partial charge in [0.05, 0.1) is 6.61 Å². The molecule has 0 atom stereocenters. The second-order valence-electron chi connectivity index (χ2n) is 3.59. The van der Waals surface area contributed by atoms with Gasteiger partial charge in [0, 0.05) is 10.7 Å². The van der Waals surface area contributed by atoms with Gasteiger partial charge in [0.2, 0.25) is 11.7 Å². The van der Waals surface area contributed by atoms with Crippen LogP contribution in [0.5, 0.6) is 11.6 Å². The molecule has 1 aromatic heterocycles. The highest BCUT2D eigenvalue weighted by Gasteiger charge is 2.14. The summed E-state index contributed by atoms with van der Waals surface area (Å²) in [6, 6.07) is 3.67. The number of halogens is 4. The van der Waals surface area contributed by atoms with Gasteiger partial charge in [-0.1, -0.05) is 27.5 Å². The summed E-state index contributed by atoms with van der Waals surface area (Å²) in [5, 5.41) is 8.99. The monoisotopic (exact) mass is 349 g/mol. The van der Waals surface area contributed by atoms with E-state index in [1.807, 2.05) is 0 Å². The van der Waals surface area contributed by atoms with Crippen molar-refractivity contribution < 1.29 is 18.6 Å². The van der Waals surface area contributed by atoms with Gasteiger partial charge in [-0.3, -0.25) is 0 Å². The van der Waals surface area contributed by atoms with Crippen molar-refractivity contribution in [1.82, 2.24) is 4.98 Å². The van der Waals surface area contributed by atoms with E-state index in [0.29, 0.717) is 10.0 Å². The maximum Gasteiger partial charge on any atom is 0.238 e. The van der Waals surface area contributed by atoms with Crippen LogP contribution in [0.25, 0.3) is 0 Å². The standard InChI is InChI=1S/C12H7BrClF2NO2/c13-7-2-9(15)11(16)10(3-7)19-12-8(14)1-6(5-18)4-17-12/h1-4,18H,5H2. The van der Waals surface area contributed by atoms with Crippen LogP contribution in [0.3, 0.4) is 0 Å². The molecular weight excluding hydrogens is 343 g/mol. The van der Waals surface area contributed by atoms with E-state index in [1.165, 1.54) is 18.3 Å². The van der Waals surface area contributed by atoms with Crippen molar-refractivity contribution in [2.75, 3.05) is 0 Å². The van der Waals surface area contributed by atoms with Crippen molar-refractivity contribution in [2.45, 2.75) is 6.61 Å². The average molecular weight is 351 g/mol. The fourth-order valence-electron chi connectivity index (χ4n) is 1.34. The summed E-state index contributed by atoms with van der Waals surface area (Å²) in [4.78, 5) is 3.83. The first-order valence-corrected chi connectivity index (χ1v) is 6.26. The maximum atomic E-state index is 13.5. The lowest BCUT2D eigenvalue weighted by Crippen LogP contribution is -1.96. The van der Waals surface area contributed by atoms with Crippen molar-refractivity contribution in [2.24, 2.45) is 0 Å². The number of pyridine rings is 1. The fraction of sp³-hybridized carbons (Fsp3) is 0.0833. The molecule has 1 aromatic carbocycles. The van der Waals surface area contributed by atoms with Crippen LogP contribution >= 0.6 is 27.5 Å². The Labute approximate surface area is 120 Å². The van der Waals surface area contributed by atoms with Crippen LogP contribution in [0.1, 0.15) is 5.56 Å². The van der Waals surface area contributed by atoms with E-state index in [4.69, 9.17) is 21.4 Å². The van der Waals surface area contributed by atoms with E-state index in [2.05, 4.69) is 20.9 Å². The number of aliphatic hydroxyl groups is 1. The van der Waals surface area contributed by atoms with Gasteiger partial charge >= 0.3 is 0 Å². The fourth-order valence-corrected chi connectivity index (χ4v) is 1.97. The van der Waals surface area contributed by atoms with E-state index in [9.17, 15) is 8.78 Å². The molecule has 1 heterocycles. The van der Waals surface area contributed by atoms with Crippen molar-refractivity contribution in [3.63, 3.8) is 0 Å². The Morgan fingerprint density at radius 1 is 1.32 bits per heavy atom. The van der Waals surface area contributed by atoms with Crippen LogP contribution in [0, 0.1) is 11.6 Å². The second kappa shape index (κ2) is 5.81. The first-order valence-electron chi connectivity index (χ1n) is 5.09. The molecule has 0 unspecified atom stereocenters. The molecule has 0 aliphatic heterocycles. The largest absolute Gasteiger partial charge is 0.434 e. The van der Waals surface area contributed by atoms with E-state index in [-0.39, 0.29) is 23.3 Å². The molecule has 0 saturated carbocycles. The lowest BCUT2D eigenvalue weighted by Gasteiger charge is -2.09. The molecular formula is C12H7BrClF2NO2. The van der Waals surface area contributed by atoms with Gasteiger partial charge in [0.15, 0.2) is 11.6 Å². The van der Waals surface area contributed by atoms with Crippen molar-refractivity contribution in [1.29, 1.82) is 0 Å².